The molecule has 1 aromatic carbocycles. The summed E-state index contributed by atoms with van der Waals surface area (Å²) in [6, 6.07) is 3.94. The minimum absolute atomic E-state index is 0.0654. The summed E-state index contributed by atoms with van der Waals surface area (Å²) in [7, 11) is 0. The molecule has 5 heteroatoms. The van der Waals surface area contributed by atoms with Crippen LogP contribution in [-0.4, -0.2) is 34.6 Å². The van der Waals surface area contributed by atoms with Crippen LogP contribution >= 0.6 is 0 Å². The van der Waals surface area contributed by atoms with Crippen molar-refractivity contribution in [1.82, 2.24) is 10.3 Å². The number of ketones is 1. The zero-order chi connectivity index (χ0) is 12.7. The van der Waals surface area contributed by atoms with E-state index >= 15 is 0 Å². The molecule has 0 unspecified atom stereocenters. The molecule has 0 aliphatic carbocycles. The third kappa shape index (κ3) is 1.81. The van der Waals surface area contributed by atoms with Crippen LogP contribution < -0.4 is 5.32 Å². The van der Waals surface area contributed by atoms with Crippen molar-refractivity contribution in [3.05, 3.63) is 35.8 Å². The van der Waals surface area contributed by atoms with Crippen LogP contribution in [-0.2, 0) is 0 Å². The summed E-state index contributed by atoms with van der Waals surface area (Å²) in [5, 5.41) is 13.1. The molecule has 2 atom stereocenters. The molecular formula is C13H13FN2O2. The number of aromatic amines is 1. The second-order valence-electron chi connectivity index (χ2n) is 4.61. The summed E-state index contributed by atoms with van der Waals surface area (Å²) in [4.78, 5) is 15.2. The number of aromatic nitrogens is 1. The quantitative estimate of drug-likeness (QED) is 0.700. The fourth-order valence-electron chi connectivity index (χ4n) is 2.41. The van der Waals surface area contributed by atoms with Crippen LogP contribution in [0.3, 0.4) is 0 Å². The van der Waals surface area contributed by atoms with Gasteiger partial charge in [0.2, 0.25) is 0 Å². The Morgan fingerprint density at radius 1 is 1.44 bits per heavy atom. The van der Waals surface area contributed by atoms with Crippen LogP contribution in [0.15, 0.2) is 24.4 Å². The van der Waals surface area contributed by atoms with E-state index in [1.807, 2.05) is 0 Å². The van der Waals surface area contributed by atoms with Crippen LogP contribution in [0, 0.1) is 5.82 Å². The summed E-state index contributed by atoms with van der Waals surface area (Å²) in [6.07, 6.45) is 1.55. The lowest BCUT2D eigenvalue weighted by Gasteiger charge is -2.07. The fourth-order valence-corrected chi connectivity index (χ4v) is 2.41. The zero-order valence-corrected chi connectivity index (χ0v) is 9.61. The summed E-state index contributed by atoms with van der Waals surface area (Å²) < 4.78 is 13.0. The first-order chi connectivity index (χ1) is 8.65. The maximum Gasteiger partial charge on any atom is 0.181 e. The van der Waals surface area contributed by atoms with Crippen molar-refractivity contribution in [2.24, 2.45) is 0 Å². The van der Waals surface area contributed by atoms with Crippen molar-refractivity contribution in [3.63, 3.8) is 0 Å². The van der Waals surface area contributed by atoms with Gasteiger partial charge in [0.25, 0.3) is 0 Å². The lowest BCUT2D eigenvalue weighted by atomic mass is 10.0. The summed E-state index contributed by atoms with van der Waals surface area (Å²) in [6.45, 7) is 0.438. The van der Waals surface area contributed by atoms with Gasteiger partial charge in [-0.1, -0.05) is 0 Å². The molecule has 3 N–H and O–H groups in total. The Kier molecular flexibility index (Phi) is 2.65. The highest BCUT2D eigenvalue weighted by Crippen LogP contribution is 2.22. The second kappa shape index (κ2) is 4.19. The van der Waals surface area contributed by atoms with Crippen LogP contribution in [0.4, 0.5) is 4.39 Å². The van der Waals surface area contributed by atoms with Crippen molar-refractivity contribution in [3.8, 4) is 0 Å². The largest absolute Gasteiger partial charge is 0.392 e. The second-order valence-corrected chi connectivity index (χ2v) is 4.61. The Hall–Kier alpha value is -1.72. The molecule has 1 aromatic heterocycles. The third-order valence-electron chi connectivity index (χ3n) is 3.33. The molecule has 18 heavy (non-hydrogen) atoms. The number of hydrogen-bond donors (Lipinski definition) is 3. The molecule has 0 radical (unpaired) electrons. The number of aliphatic hydroxyl groups is 1. The Balaban J connectivity index is 1.97. The van der Waals surface area contributed by atoms with E-state index in [1.54, 1.807) is 12.3 Å². The maximum absolute atomic E-state index is 13.0. The number of Topliss-reactive ketones (excluding diaryl/α,β-unsaturated/α-hetero) is 1. The predicted octanol–water partition coefficient (Wildman–Crippen LogP) is 1.21. The van der Waals surface area contributed by atoms with E-state index in [0.29, 0.717) is 29.4 Å². The number of carbonyl (C=O) groups excluding carboxylic acids is 1. The molecule has 1 aliphatic rings. The van der Waals surface area contributed by atoms with Crippen LogP contribution in [0.5, 0.6) is 0 Å². The zero-order valence-electron chi connectivity index (χ0n) is 9.61. The molecule has 1 aliphatic heterocycles. The number of carbonyl (C=O) groups is 1. The van der Waals surface area contributed by atoms with Gasteiger partial charge in [-0.15, -0.1) is 0 Å². The van der Waals surface area contributed by atoms with Gasteiger partial charge in [-0.2, -0.15) is 0 Å². The van der Waals surface area contributed by atoms with Crippen molar-refractivity contribution >= 4 is 16.7 Å². The number of benzene rings is 1. The number of fused-ring (bicyclic) bond motifs is 1. The summed E-state index contributed by atoms with van der Waals surface area (Å²) >= 11 is 0. The minimum Gasteiger partial charge on any atom is -0.392 e. The van der Waals surface area contributed by atoms with Gasteiger partial charge in [-0.25, -0.2) is 4.39 Å². The molecule has 0 amide bonds. The highest BCUT2D eigenvalue weighted by atomic mass is 19.1. The summed E-state index contributed by atoms with van der Waals surface area (Å²) in [5.74, 6) is -0.401. The molecular weight excluding hydrogens is 235 g/mol. The molecule has 2 heterocycles. The number of hydrogen-bond acceptors (Lipinski definition) is 3. The lowest BCUT2D eigenvalue weighted by molar-refractivity contribution is 0.0944. The first-order valence-electron chi connectivity index (χ1n) is 5.87. The molecule has 4 nitrogen and oxygen atoms in total. The fraction of sp³-hybridized carbons (Fsp3) is 0.308. The van der Waals surface area contributed by atoms with Crippen LogP contribution in [0.25, 0.3) is 10.9 Å². The van der Waals surface area contributed by atoms with Gasteiger partial charge < -0.3 is 15.4 Å². The number of halogens is 1. The van der Waals surface area contributed by atoms with E-state index < -0.39 is 6.10 Å². The monoisotopic (exact) mass is 248 g/mol. The Labute approximate surface area is 103 Å². The number of aliphatic hydroxyl groups excluding tert-OH is 1. The Bertz CT molecular complexity index is 608. The molecule has 0 spiro atoms. The number of nitrogens with one attached hydrogen (secondary N) is 2. The van der Waals surface area contributed by atoms with Crippen molar-refractivity contribution < 1.29 is 14.3 Å². The van der Waals surface area contributed by atoms with E-state index in [0.717, 1.165) is 0 Å². The standard InChI is InChI=1S/C13H13FN2O2/c14-7-1-2-9-10(6-16-11(9)3-7)13(18)12-4-8(17)5-15-12/h1-3,6,8,12,15-17H,4-5H2/t8-,12-/m0/s1. The highest BCUT2D eigenvalue weighted by Gasteiger charge is 2.29. The van der Waals surface area contributed by atoms with Crippen molar-refractivity contribution in [1.29, 1.82) is 0 Å². The Morgan fingerprint density at radius 3 is 3.00 bits per heavy atom. The number of H-pyrrole nitrogens is 1. The molecule has 0 bridgehead atoms. The maximum atomic E-state index is 13.0. The molecule has 2 aromatic rings. The topological polar surface area (TPSA) is 65.1 Å². The van der Waals surface area contributed by atoms with Crippen LogP contribution in [0.2, 0.25) is 0 Å². The van der Waals surface area contributed by atoms with Gasteiger partial charge >= 0.3 is 0 Å². The van der Waals surface area contributed by atoms with Gasteiger partial charge in [-0.3, -0.25) is 4.79 Å². The smallest absolute Gasteiger partial charge is 0.181 e. The minimum atomic E-state index is -0.471. The Morgan fingerprint density at radius 2 is 2.28 bits per heavy atom. The van der Waals surface area contributed by atoms with Gasteiger partial charge in [0.1, 0.15) is 5.82 Å². The summed E-state index contributed by atoms with van der Waals surface area (Å²) in [5.41, 5.74) is 1.15. The van der Waals surface area contributed by atoms with E-state index in [-0.39, 0.29) is 17.6 Å². The predicted molar refractivity (Wildman–Crippen MR) is 65.0 cm³/mol. The molecule has 3 rings (SSSR count). The van der Waals surface area contributed by atoms with Gasteiger partial charge in [0, 0.05) is 29.2 Å². The third-order valence-corrected chi connectivity index (χ3v) is 3.33. The van der Waals surface area contributed by atoms with Gasteiger partial charge in [0.15, 0.2) is 5.78 Å². The van der Waals surface area contributed by atoms with Crippen molar-refractivity contribution in [2.45, 2.75) is 18.6 Å². The first-order valence-corrected chi connectivity index (χ1v) is 5.87. The van der Waals surface area contributed by atoms with Gasteiger partial charge in [-0.05, 0) is 24.6 Å². The normalized spacial score (nSPS) is 23.7. The van der Waals surface area contributed by atoms with E-state index in [9.17, 15) is 14.3 Å². The average Bonchev–Trinajstić information content (AvgIpc) is 2.94. The SMILES string of the molecule is O=C(c1c[nH]c2cc(F)ccc12)[C@@H]1C[C@H](O)CN1. The highest BCUT2D eigenvalue weighted by molar-refractivity contribution is 6.10. The van der Waals surface area contributed by atoms with E-state index in [4.69, 9.17) is 0 Å². The average molecular weight is 248 g/mol. The van der Waals surface area contributed by atoms with Crippen LogP contribution in [0.1, 0.15) is 16.8 Å². The van der Waals surface area contributed by atoms with Crippen molar-refractivity contribution in [2.75, 3.05) is 6.54 Å². The number of β-amino-alcohol motifs (C(OH)–C–C–N with tert-alkyl or cyclic N) is 1. The first kappa shape index (κ1) is 11.4. The molecule has 0 saturated carbocycles. The van der Waals surface area contributed by atoms with E-state index in [2.05, 4.69) is 10.3 Å². The lowest BCUT2D eigenvalue weighted by Crippen LogP contribution is -2.30. The molecule has 1 fully saturated rings. The number of rotatable bonds is 2. The molecule has 94 valence electrons. The molecule has 1 saturated heterocycles. The van der Waals surface area contributed by atoms with E-state index in [1.165, 1.54) is 12.1 Å². The van der Waals surface area contributed by atoms with Gasteiger partial charge in [0.05, 0.1) is 12.1 Å².